The molecule has 108 valence electrons. The van der Waals surface area contributed by atoms with Crippen molar-refractivity contribution in [2.45, 2.75) is 63.3 Å². The van der Waals surface area contributed by atoms with E-state index in [4.69, 9.17) is 9.47 Å². The Morgan fingerprint density at radius 3 is 2.50 bits per heavy atom. The Morgan fingerprint density at radius 2 is 2.00 bits per heavy atom. The van der Waals surface area contributed by atoms with Crippen LogP contribution in [-0.4, -0.2) is 37.1 Å². The lowest BCUT2D eigenvalue weighted by atomic mass is 9.79. The van der Waals surface area contributed by atoms with E-state index in [1.54, 1.807) is 6.92 Å². The third kappa shape index (κ3) is 5.16. The molecule has 2 unspecified atom stereocenters. The van der Waals surface area contributed by atoms with Gasteiger partial charge in [0.1, 0.15) is 0 Å². The van der Waals surface area contributed by atoms with Crippen molar-refractivity contribution in [3.05, 3.63) is 0 Å². The smallest absolute Gasteiger partial charge is 0.248 e. The maximum Gasteiger partial charge on any atom is 0.248 e. The van der Waals surface area contributed by atoms with Gasteiger partial charge in [0.2, 0.25) is 5.92 Å². The first-order chi connectivity index (χ1) is 8.28. The van der Waals surface area contributed by atoms with Gasteiger partial charge in [-0.2, -0.15) is 0 Å². The molecule has 0 aliphatic heterocycles. The lowest BCUT2D eigenvalue weighted by Gasteiger charge is -2.35. The zero-order chi connectivity index (χ0) is 13.8. The molecule has 1 fully saturated rings. The fourth-order valence-corrected chi connectivity index (χ4v) is 2.78. The highest BCUT2D eigenvalue weighted by molar-refractivity contribution is 4.84. The van der Waals surface area contributed by atoms with Crippen LogP contribution in [0.15, 0.2) is 0 Å². The van der Waals surface area contributed by atoms with Crippen LogP contribution in [0.1, 0.15) is 45.4 Å². The summed E-state index contributed by atoms with van der Waals surface area (Å²) in [6.45, 7) is 1.66. The topological polar surface area (TPSA) is 38.7 Å². The summed E-state index contributed by atoms with van der Waals surface area (Å²) in [5, 5.41) is 10.3. The van der Waals surface area contributed by atoms with Gasteiger partial charge in [-0.15, -0.1) is 0 Å². The van der Waals surface area contributed by atoms with Crippen LogP contribution in [0.4, 0.5) is 8.78 Å². The molecule has 0 spiro atoms. The van der Waals surface area contributed by atoms with Crippen molar-refractivity contribution in [2.24, 2.45) is 5.92 Å². The molecule has 1 aliphatic carbocycles. The lowest BCUT2D eigenvalue weighted by Crippen LogP contribution is -2.36. The Hall–Kier alpha value is -0.260. The second-order valence-electron chi connectivity index (χ2n) is 5.62. The number of ether oxygens (including phenoxy) is 2. The van der Waals surface area contributed by atoms with E-state index in [2.05, 4.69) is 0 Å². The summed E-state index contributed by atoms with van der Waals surface area (Å²) in [6.07, 6.45) is 1.32. The van der Waals surface area contributed by atoms with Crippen LogP contribution < -0.4 is 0 Å². The fourth-order valence-electron chi connectivity index (χ4n) is 2.78. The third-order valence-corrected chi connectivity index (χ3v) is 3.60. The van der Waals surface area contributed by atoms with Gasteiger partial charge in [0, 0.05) is 33.5 Å². The highest BCUT2D eigenvalue weighted by Crippen LogP contribution is 2.40. The van der Waals surface area contributed by atoms with E-state index < -0.39 is 17.8 Å². The van der Waals surface area contributed by atoms with Crippen molar-refractivity contribution in [1.82, 2.24) is 0 Å². The Bertz CT molecular complexity index is 253. The number of hydrogen-bond donors (Lipinski definition) is 1. The molecule has 0 aromatic heterocycles. The molecule has 3 nitrogen and oxygen atoms in total. The zero-order valence-corrected chi connectivity index (χ0v) is 11.4. The number of halogens is 2. The number of aliphatic hydroxyl groups is 1. The van der Waals surface area contributed by atoms with E-state index in [0.717, 1.165) is 6.42 Å². The van der Waals surface area contributed by atoms with Crippen LogP contribution in [-0.2, 0) is 9.47 Å². The molecule has 18 heavy (non-hydrogen) atoms. The summed E-state index contributed by atoms with van der Waals surface area (Å²) < 4.78 is 36.7. The van der Waals surface area contributed by atoms with Crippen molar-refractivity contribution >= 4 is 0 Å². The molecule has 2 atom stereocenters. The normalized spacial score (nSPS) is 27.2. The highest BCUT2D eigenvalue weighted by atomic mass is 19.3. The predicted molar refractivity (Wildman–Crippen MR) is 64.6 cm³/mol. The zero-order valence-electron chi connectivity index (χ0n) is 11.4. The van der Waals surface area contributed by atoms with Crippen LogP contribution in [0, 0.1) is 5.92 Å². The molecular formula is C13H24F2O3. The van der Waals surface area contributed by atoms with E-state index in [1.165, 1.54) is 14.2 Å². The highest BCUT2D eigenvalue weighted by Gasteiger charge is 2.39. The van der Waals surface area contributed by atoms with E-state index in [1.807, 2.05) is 0 Å². The maximum absolute atomic E-state index is 13.3. The number of methoxy groups -OCH3 is 2. The maximum atomic E-state index is 13.3. The quantitative estimate of drug-likeness (QED) is 0.751. The first kappa shape index (κ1) is 15.8. The summed E-state index contributed by atoms with van der Waals surface area (Å²) in [6, 6.07) is 0. The lowest BCUT2D eigenvalue weighted by molar-refractivity contribution is -0.147. The summed E-state index contributed by atoms with van der Waals surface area (Å²) in [5.41, 5.74) is -1.03. The number of alkyl halides is 2. The standard InChI is InChI=1S/C13H24F2O3/c1-12(16,9-11(17-2)18-3)7-10-5-4-6-13(14,15)8-10/h10-11,16H,4-9H2,1-3H3. The van der Waals surface area contributed by atoms with Gasteiger partial charge in [0.05, 0.1) is 5.60 Å². The molecule has 1 saturated carbocycles. The SMILES string of the molecule is COC(CC(C)(O)CC1CCCC(F)(F)C1)OC. The molecule has 0 radical (unpaired) electrons. The predicted octanol–water partition coefficient (Wildman–Crippen LogP) is 2.96. The van der Waals surface area contributed by atoms with Crippen LogP contribution in [0.25, 0.3) is 0 Å². The first-order valence-electron chi connectivity index (χ1n) is 6.44. The minimum Gasteiger partial charge on any atom is -0.390 e. The van der Waals surface area contributed by atoms with Crippen LogP contribution in [0.2, 0.25) is 0 Å². The number of rotatable bonds is 6. The van der Waals surface area contributed by atoms with E-state index in [0.29, 0.717) is 19.3 Å². The van der Waals surface area contributed by atoms with Gasteiger partial charge >= 0.3 is 0 Å². The van der Waals surface area contributed by atoms with Gasteiger partial charge in [0.25, 0.3) is 0 Å². The molecular weight excluding hydrogens is 242 g/mol. The molecule has 0 saturated heterocycles. The average Bonchev–Trinajstić information content (AvgIpc) is 2.23. The summed E-state index contributed by atoms with van der Waals surface area (Å²) >= 11 is 0. The monoisotopic (exact) mass is 266 g/mol. The molecule has 1 aliphatic rings. The van der Waals surface area contributed by atoms with Crippen molar-refractivity contribution in [2.75, 3.05) is 14.2 Å². The Morgan fingerprint density at radius 1 is 1.39 bits per heavy atom. The van der Waals surface area contributed by atoms with Crippen LogP contribution >= 0.6 is 0 Å². The van der Waals surface area contributed by atoms with E-state index in [-0.39, 0.29) is 18.8 Å². The van der Waals surface area contributed by atoms with Crippen molar-refractivity contribution < 1.29 is 23.4 Å². The average molecular weight is 266 g/mol. The van der Waals surface area contributed by atoms with Crippen LogP contribution in [0.5, 0.6) is 0 Å². The van der Waals surface area contributed by atoms with Gasteiger partial charge in [-0.05, 0) is 32.1 Å². The van der Waals surface area contributed by atoms with E-state index in [9.17, 15) is 13.9 Å². The number of hydrogen-bond acceptors (Lipinski definition) is 3. The second-order valence-corrected chi connectivity index (χ2v) is 5.62. The molecule has 5 heteroatoms. The summed E-state index contributed by atoms with van der Waals surface area (Å²) in [5.74, 6) is -2.70. The molecule has 0 bridgehead atoms. The van der Waals surface area contributed by atoms with Crippen LogP contribution in [0.3, 0.4) is 0 Å². The molecule has 0 aromatic rings. The Labute approximate surface area is 107 Å². The van der Waals surface area contributed by atoms with Crippen molar-refractivity contribution in [1.29, 1.82) is 0 Å². The summed E-state index contributed by atoms with van der Waals surface area (Å²) in [4.78, 5) is 0. The first-order valence-corrected chi connectivity index (χ1v) is 6.44. The fraction of sp³-hybridized carbons (Fsp3) is 1.00. The largest absolute Gasteiger partial charge is 0.390 e. The third-order valence-electron chi connectivity index (χ3n) is 3.60. The van der Waals surface area contributed by atoms with E-state index >= 15 is 0 Å². The van der Waals surface area contributed by atoms with Gasteiger partial charge < -0.3 is 14.6 Å². The van der Waals surface area contributed by atoms with Gasteiger partial charge in [-0.25, -0.2) is 8.78 Å². The van der Waals surface area contributed by atoms with Gasteiger partial charge in [-0.3, -0.25) is 0 Å². The van der Waals surface area contributed by atoms with Crippen molar-refractivity contribution in [3.63, 3.8) is 0 Å². The molecule has 0 aromatic carbocycles. The minimum atomic E-state index is -2.57. The van der Waals surface area contributed by atoms with Crippen molar-refractivity contribution in [3.8, 4) is 0 Å². The Balaban J connectivity index is 2.48. The summed E-state index contributed by atoms with van der Waals surface area (Å²) in [7, 11) is 3.00. The van der Waals surface area contributed by atoms with Gasteiger partial charge in [0.15, 0.2) is 6.29 Å². The van der Waals surface area contributed by atoms with Gasteiger partial charge in [-0.1, -0.05) is 0 Å². The minimum absolute atomic E-state index is 0.0234. The Kier molecular flexibility index (Phi) is 5.49. The molecule has 0 heterocycles. The molecule has 1 rings (SSSR count). The molecule has 0 amide bonds. The second kappa shape index (κ2) is 6.26. The molecule has 1 N–H and O–H groups in total.